The van der Waals surface area contributed by atoms with Crippen LogP contribution in [0, 0.1) is 0 Å². The SMILES string of the molecule is CCS(=O)(=O)C1CSCCN1c1ccc(OC)cc1N. The van der Waals surface area contributed by atoms with Gasteiger partial charge < -0.3 is 15.4 Å². The van der Waals surface area contributed by atoms with Crippen molar-refractivity contribution in [3.8, 4) is 5.75 Å². The van der Waals surface area contributed by atoms with Crippen molar-refractivity contribution in [2.45, 2.75) is 12.3 Å². The standard InChI is InChI=1S/C13H20N2O3S2/c1-3-20(16,17)13-9-19-7-6-15(13)12-5-4-10(18-2)8-11(12)14/h4-5,8,13H,3,6-7,9,14H2,1-2H3. The molecule has 1 aliphatic rings. The van der Waals surface area contributed by atoms with Crippen molar-refractivity contribution < 1.29 is 13.2 Å². The van der Waals surface area contributed by atoms with Gasteiger partial charge in [-0.2, -0.15) is 11.8 Å². The average Bonchev–Trinajstić information content (AvgIpc) is 2.47. The summed E-state index contributed by atoms with van der Waals surface area (Å²) in [4.78, 5) is 1.91. The second kappa shape index (κ2) is 6.13. The molecule has 7 heteroatoms. The summed E-state index contributed by atoms with van der Waals surface area (Å²) in [5, 5.41) is -0.498. The van der Waals surface area contributed by atoms with Crippen LogP contribution in [0.5, 0.6) is 5.75 Å². The Bertz CT molecular complexity index is 575. The van der Waals surface area contributed by atoms with Crippen LogP contribution in [0.4, 0.5) is 11.4 Å². The van der Waals surface area contributed by atoms with Gasteiger partial charge in [0.1, 0.15) is 11.1 Å². The molecule has 1 atom stereocenters. The van der Waals surface area contributed by atoms with Crippen molar-refractivity contribution in [2.24, 2.45) is 0 Å². The predicted octanol–water partition coefficient (Wildman–Crippen LogP) is 1.59. The van der Waals surface area contributed by atoms with E-state index in [4.69, 9.17) is 10.5 Å². The van der Waals surface area contributed by atoms with Crippen LogP contribution in [0.1, 0.15) is 6.92 Å². The quantitative estimate of drug-likeness (QED) is 0.851. The molecule has 0 saturated carbocycles. The number of nitrogens with two attached hydrogens (primary N) is 1. The lowest BCUT2D eigenvalue weighted by molar-refractivity contribution is 0.415. The smallest absolute Gasteiger partial charge is 0.171 e. The third kappa shape index (κ3) is 2.98. The highest BCUT2D eigenvalue weighted by molar-refractivity contribution is 8.01. The Hall–Kier alpha value is -1.08. The van der Waals surface area contributed by atoms with Gasteiger partial charge in [-0.3, -0.25) is 0 Å². The van der Waals surface area contributed by atoms with E-state index in [1.54, 1.807) is 31.9 Å². The van der Waals surface area contributed by atoms with Gasteiger partial charge in [-0.25, -0.2) is 8.42 Å². The lowest BCUT2D eigenvalue weighted by Crippen LogP contribution is -2.48. The van der Waals surface area contributed by atoms with Crippen LogP contribution in [-0.2, 0) is 9.84 Å². The Morgan fingerprint density at radius 1 is 1.50 bits per heavy atom. The molecule has 0 aliphatic carbocycles. The minimum absolute atomic E-state index is 0.144. The van der Waals surface area contributed by atoms with E-state index in [9.17, 15) is 8.42 Å². The molecule has 1 aromatic rings. The molecule has 0 aromatic heterocycles. The number of nitrogen functional groups attached to an aromatic ring is 1. The van der Waals surface area contributed by atoms with Gasteiger partial charge in [-0.15, -0.1) is 0 Å². The molecule has 1 heterocycles. The molecule has 5 nitrogen and oxygen atoms in total. The summed E-state index contributed by atoms with van der Waals surface area (Å²) in [6, 6.07) is 5.37. The molecule has 2 rings (SSSR count). The summed E-state index contributed by atoms with van der Waals surface area (Å²) in [7, 11) is -1.55. The fourth-order valence-electron chi connectivity index (χ4n) is 2.27. The molecule has 112 valence electrons. The van der Waals surface area contributed by atoms with E-state index in [0.717, 1.165) is 11.4 Å². The van der Waals surface area contributed by atoms with Crippen LogP contribution in [0.2, 0.25) is 0 Å². The monoisotopic (exact) mass is 316 g/mol. The van der Waals surface area contributed by atoms with E-state index in [1.165, 1.54) is 0 Å². The lowest BCUT2D eigenvalue weighted by Gasteiger charge is -2.37. The van der Waals surface area contributed by atoms with E-state index in [-0.39, 0.29) is 5.75 Å². The number of anilines is 2. The van der Waals surface area contributed by atoms with E-state index < -0.39 is 15.2 Å². The van der Waals surface area contributed by atoms with E-state index in [0.29, 0.717) is 23.7 Å². The highest BCUT2D eigenvalue weighted by Gasteiger charge is 2.33. The first-order chi connectivity index (χ1) is 9.49. The van der Waals surface area contributed by atoms with E-state index in [2.05, 4.69) is 0 Å². The van der Waals surface area contributed by atoms with Gasteiger partial charge in [0.05, 0.1) is 18.5 Å². The van der Waals surface area contributed by atoms with Gasteiger partial charge in [0.25, 0.3) is 0 Å². The fourth-order valence-corrected chi connectivity index (χ4v) is 5.25. The molecule has 2 N–H and O–H groups in total. The molecular formula is C13H20N2O3S2. The van der Waals surface area contributed by atoms with Crippen molar-refractivity contribution in [3.63, 3.8) is 0 Å². The number of ether oxygens (including phenoxy) is 1. The van der Waals surface area contributed by atoms with Crippen molar-refractivity contribution in [1.29, 1.82) is 0 Å². The van der Waals surface area contributed by atoms with E-state index >= 15 is 0 Å². The summed E-state index contributed by atoms with van der Waals surface area (Å²) in [5.74, 6) is 2.31. The summed E-state index contributed by atoms with van der Waals surface area (Å²) < 4.78 is 29.6. The zero-order chi connectivity index (χ0) is 14.8. The Morgan fingerprint density at radius 2 is 2.25 bits per heavy atom. The van der Waals surface area contributed by atoms with Crippen LogP contribution in [-0.4, -0.2) is 44.7 Å². The number of sulfone groups is 1. The number of methoxy groups -OCH3 is 1. The van der Waals surface area contributed by atoms with Gasteiger partial charge in [-0.05, 0) is 12.1 Å². The largest absolute Gasteiger partial charge is 0.497 e. The molecule has 1 aromatic carbocycles. The van der Waals surface area contributed by atoms with Crippen LogP contribution in [0.15, 0.2) is 18.2 Å². The zero-order valence-corrected chi connectivity index (χ0v) is 13.3. The molecule has 1 saturated heterocycles. The zero-order valence-electron chi connectivity index (χ0n) is 11.7. The van der Waals surface area contributed by atoms with Crippen LogP contribution in [0.3, 0.4) is 0 Å². The maximum atomic E-state index is 12.3. The van der Waals surface area contributed by atoms with Gasteiger partial charge >= 0.3 is 0 Å². The number of hydrogen-bond donors (Lipinski definition) is 1. The number of nitrogens with zero attached hydrogens (tertiary/aromatic N) is 1. The van der Waals surface area contributed by atoms with Crippen molar-refractivity contribution in [3.05, 3.63) is 18.2 Å². The Kier molecular flexibility index (Phi) is 4.70. The highest BCUT2D eigenvalue weighted by Crippen LogP contribution is 2.33. The first-order valence-electron chi connectivity index (χ1n) is 6.49. The molecule has 0 bridgehead atoms. The molecule has 0 amide bonds. The van der Waals surface area contributed by atoms with Gasteiger partial charge in [0.2, 0.25) is 0 Å². The number of rotatable bonds is 4. The summed E-state index contributed by atoms with van der Waals surface area (Å²) >= 11 is 1.67. The number of benzene rings is 1. The Morgan fingerprint density at radius 3 is 2.85 bits per heavy atom. The minimum atomic E-state index is -3.13. The second-order valence-corrected chi connectivity index (χ2v) is 8.20. The summed E-state index contributed by atoms with van der Waals surface area (Å²) in [6.45, 7) is 2.37. The van der Waals surface area contributed by atoms with Crippen LogP contribution < -0.4 is 15.4 Å². The Labute approximate surface area is 124 Å². The maximum absolute atomic E-state index is 12.3. The van der Waals surface area contributed by atoms with Gasteiger partial charge in [0.15, 0.2) is 9.84 Å². The van der Waals surface area contributed by atoms with Crippen LogP contribution >= 0.6 is 11.8 Å². The van der Waals surface area contributed by atoms with Gasteiger partial charge in [-0.1, -0.05) is 6.92 Å². The fraction of sp³-hybridized carbons (Fsp3) is 0.538. The molecule has 1 fully saturated rings. The normalized spacial score (nSPS) is 19.9. The third-order valence-corrected chi connectivity index (χ3v) is 6.73. The molecule has 0 radical (unpaired) electrons. The van der Waals surface area contributed by atoms with Crippen LogP contribution in [0.25, 0.3) is 0 Å². The highest BCUT2D eigenvalue weighted by atomic mass is 32.2. The number of thioether (sulfide) groups is 1. The molecule has 1 unspecified atom stereocenters. The second-order valence-electron chi connectivity index (χ2n) is 4.60. The summed E-state index contributed by atoms with van der Waals surface area (Å²) in [6.07, 6.45) is 0. The molecular weight excluding hydrogens is 296 g/mol. The Balaban J connectivity index is 2.38. The lowest BCUT2D eigenvalue weighted by atomic mass is 10.2. The van der Waals surface area contributed by atoms with Crippen molar-refractivity contribution in [1.82, 2.24) is 0 Å². The molecule has 1 aliphatic heterocycles. The first-order valence-corrected chi connectivity index (χ1v) is 9.36. The molecule has 20 heavy (non-hydrogen) atoms. The molecule has 0 spiro atoms. The number of hydrogen-bond acceptors (Lipinski definition) is 6. The minimum Gasteiger partial charge on any atom is -0.497 e. The van der Waals surface area contributed by atoms with Crippen molar-refractivity contribution >= 4 is 33.0 Å². The predicted molar refractivity (Wildman–Crippen MR) is 85.3 cm³/mol. The maximum Gasteiger partial charge on any atom is 0.171 e. The first kappa shape index (κ1) is 15.3. The van der Waals surface area contributed by atoms with E-state index in [1.807, 2.05) is 17.0 Å². The third-order valence-electron chi connectivity index (χ3n) is 3.45. The van der Waals surface area contributed by atoms with Crippen molar-refractivity contribution in [2.75, 3.05) is 41.5 Å². The van der Waals surface area contributed by atoms with Gasteiger partial charge in [0, 0.05) is 29.9 Å². The summed E-state index contributed by atoms with van der Waals surface area (Å²) in [5.41, 5.74) is 7.37. The topological polar surface area (TPSA) is 72.6 Å². The average molecular weight is 316 g/mol.